The van der Waals surface area contributed by atoms with Crippen molar-refractivity contribution >= 4 is 23.2 Å². The van der Waals surface area contributed by atoms with E-state index in [1.54, 1.807) is 20.3 Å². The van der Waals surface area contributed by atoms with Crippen LogP contribution < -0.4 is 15.2 Å². The number of methoxy groups -OCH3 is 2. The van der Waals surface area contributed by atoms with E-state index in [0.29, 0.717) is 21.5 Å². The quantitative estimate of drug-likeness (QED) is 0.886. The average Bonchev–Trinajstić information content (AvgIpc) is 2.46. The SMILES string of the molecule is COc1ccc(-c2ccc(C(C)N)c(Cl)c2)c(OC)c1Cl. The lowest BCUT2D eigenvalue weighted by atomic mass is 10.0. The fraction of sp³-hybridized carbons (Fsp3) is 0.250. The molecule has 1 unspecified atom stereocenters. The standard InChI is InChI=1S/C16H17Cl2NO2/c1-9(19)11-5-4-10(8-13(11)17)12-6-7-14(20-2)15(18)16(12)21-3/h4-9H,19H2,1-3H3. The molecule has 2 N–H and O–H groups in total. The summed E-state index contributed by atoms with van der Waals surface area (Å²) in [7, 11) is 3.14. The van der Waals surface area contributed by atoms with E-state index in [1.807, 2.05) is 31.2 Å². The van der Waals surface area contributed by atoms with Crippen molar-refractivity contribution in [1.82, 2.24) is 0 Å². The summed E-state index contributed by atoms with van der Waals surface area (Å²) in [6, 6.07) is 9.30. The number of hydrogen-bond donors (Lipinski definition) is 1. The highest BCUT2D eigenvalue weighted by Crippen LogP contribution is 2.42. The van der Waals surface area contributed by atoms with Crippen molar-refractivity contribution in [2.45, 2.75) is 13.0 Å². The topological polar surface area (TPSA) is 44.5 Å². The highest BCUT2D eigenvalue weighted by atomic mass is 35.5. The summed E-state index contributed by atoms with van der Waals surface area (Å²) < 4.78 is 10.6. The molecule has 0 saturated carbocycles. The van der Waals surface area contributed by atoms with Gasteiger partial charge in [0.25, 0.3) is 0 Å². The molecule has 21 heavy (non-hydrogen) atoms. The monoisotopic (exact) mass is 325 g/mol. The van der Waals surface area contributed by atoms with E-state index in [4.69, 9.17) is 38.4 Å². The number of nitrogens with two attached hydrogens (primary N) is 1. The van der Waals surface area contributed by atoms with E-state index in [0.717, 1.165) is 16.7 Å². The summed E-state index contributed by atoms with van der Waals surface area (Å²) in [6.45, 7) is 1.89. The summed E-state index contributed by atoms with van der Waals surface area (Å²) in [5, 5.41) is 1.06. The molecule has 0 amide bonds. The van der Waals surface area contributed by atoms with Crippen LogP contribution >= 0.6 is 23.2 Å². The van der Waals surface area contributed by atoms with Crippen LogP contribution in [-0.4, -0.2) is 14.2 Å². The molecule has 112 valence electrons. The first kappa shape index (κ1) is 16.0. The fourth-order valence-corrected chi connectivity index (χ4v) is 2.86. The third-order valence-electron chi connectivity index (χ3n) is 3.29. The molecule has 0 spiro atoms. The Kier molecular flexibility index (Phi) is 4.99. The second-order valence-corrected chi connectivity index (χ2v) is 5.47. The van der Waals surface area contributed by atoms with Crippen LogP contribution in [0.4, 0.5) is 0 Å². The third-order valence-corrected chi connectivity index (χ3v) is 3.97. The minimum absolute atomic E-state index is 0.118. The molecule has 1 atom stereocenters. The number of hydrogen-bond acceptors (Lipinski definition) is 3. The molecule has 2 rings (SSSR count). The van der Waals surface area contributed by atoms with Gasteiger partial charge in [0.2, 0.25) is 0 Å². The van der Waals surface area contributed by atoms with Gasteiger partial charge in [-0.15, -0.1) is 0 Å². The van der Waals surface area contributed by atoms with Gasteiger partial charge >= 0.3 is 0 Å². The Hall–Kier alpha value is -1.42. The molecule has 0 radical (unpaired) electrons. The molecule has 0 saturated heterocycles. The Morgan fingerprint density at radius 1 is 1.05 bits per heavy atom. The second-order valence-electron chi connectivity index (χ2n) is 4.69. The Bertz CT molecular complexity index is 657. The van der Waals surface area contributed by atoms with Gasteiger partial charge < -0.3 is 15.2 Å². The zero-order chi connectivity index (χ0) is 15.6. The van der Waals surface area contributed by atoms with Crippen LogP contribution in [0.5, 0.6) is 11.5 Å². The molecule has 0 aliphatic rings. The summed E-state index contributed by atoms with van der Waals surface area (Å²) in [5.41, 5.74) is 8.53. The number of ether oxygens (including phenoxy) is 2. The maximum atomic E-state index is 6.29. The Morgan fingerprint density at radius 3 is 2.29 bits per heavy atom. The van der Waals surface area contributed by atoms with Gasteiger partial charge in [0.15, 0.2) is 0 Å². The maximum Gasteiger partial charge on any atom is 0.149 e. The van der Waals surface area contributed by atoms with Gasteiger partial charge in [0.05, 0.1) is 14.2 Å². The van der Waals surface area contributed by atoms with Gasteiger partial charge in [-0.05, 0) is 36.2 Å². The van der Waals surface area contributed by atoms with Gasteiger partial charge in [-0.3, -0.25) is 0 Å². The van der Waals surface area contributed by atoms with E-state index in [1.165, 1.54) is 0 Å². The third kappa shape index (κ3) is 3.10. The molecule has 0 aliphatic carbocycles. The van der Waals surface area contributed by atoms with E-state index in [9.17, 15) is 0 Å². The lowest BCUT2D eigenvalue weighted by Gasteiger charge is -2.15. The summed E-state index contributed by atoms with van der Waals surface area (Å²) in [6.07, 6.45) is 0. The zero-order valence-electron chi connectivity index (χ0n) is 12.1. The van der Waals surface area contributed by atoms with E-state index in [2.05, 4.69) is 0 Å². The van der Waals surface area contributed by atoms with Crippen molar-refractivity contribution in [3.8, 4) is 22.6 Å². The first-order chi connectivity index (χ1) is 9.99. The highest BCUT2D eigenvalue weighted by molar-refractivity contribution is 6.34. The predicted octanol–water partition coefficient (Wildman–Crippen LogP) is 4.70. The number of halogens is 2. The average molecular weight is 326 g/mol. The first-order valence-corrected chi connectivity index (χ1v) is 7.21. The smallest absolute Gasteiger partial charge is 0.149 e. The van der Waals surface area contributed by atoms with Crippen molar-refractivity contribution < 1.29 is 9.47 Å². The largest absolute Gasteiger partial charge is 0.495 e. The van der Waals surface area contributed by atoms with Gasteiger partial charge in [-0.1, -0.05) is 35.3 Å². The summed E-state index contributed by atoms with van der Waals surface area (Å²) >= 11 is 12.6. The summed E-state index contributed by atoms with van der Waals surface area (Å²) in [4.78, 5) is 0. The van der Waals surface area contributed by atoms with Crippen LogP contribution in [0.1, 0.15) is 18.5 Å². The van der Waals surface area contributed by atoms with Gasteiger partial charge in [0, 0.05) is 16.6 Å². The molecule has 0 aromatic heterocycles. The van der Waals surface area contributed by atoms with Crippen molar-refractivity contribution in [2.75, 3.05) is 14.2 Å². The van der Waals surface area contributed by atoms with Gasteiger partial charge in [-0.2, -0.15) is 0 Å². The minimum atomic E-state index is -0.118. The molecule has 0 aliphatic heterocycles. The number of benzene rings is 2. The molecule has 2 aromatic carbocycles. The molecule has 0 fully saturated rings. The summed E-state index contributed by atoms with van der Waals surface area (Å²) in [5.74, 6) is 1.12. The van der Waals surface area contributed by atoms with Crippen LogP contribution in [0.25, 0.3) is 11.1 Å². The fourth-order valence-electron chi connectivity index (χ4n) is 2.19. The Labute approximate surface area is 134 Å². The lowest BCUT2D eigenvalue weighted by molar-refractivity contribution is 0.396. The molecule has 3 nitrogen and oxygen atoms in total. The highest BCUT2D eigenvalue weighted by Gasteiger charge is 2.16. The van der Waals surface area contributed by atoms with Crippen LogP contribution in [0.15, 0.2) is 30.3 Å². The van der Waals surface area contributed by atoms with Crippen LogP contribution in [0.2, 0.25) is 10.0 Å². The lowest BCUT2D eigenvalue weighted by Crippen LogP contribution is -2.05. The second kappa shape index (κ2) is 6.56. The van der Waals surface area contributed by atoms with E-state index in [-0.39, 0.29) is 6.04 Å². The van der Waals surface area contributed by atoms with Crippen LogP contribution in [0, 0.1) is 0 Å². The minimum Gasteiger partial charge on any atom is -0.495 e. The van der Waals surface area contributed by atoms with Crippen molar-refractivity contribution in [3.05, 3.63) is 45.9 Å². The molecule has 2 aromatic rings. The van der Waals surface area contributed by atoms with Crippen LogP contribution in [0.3, 0.4) is 0 Å². The first-order valence-electron chi connectivity index (χ1n) is 6.45. The van der Waals surface area contributed by atoms with Gasteiger partial charge in [-0.25, -0.2) is 0 Å². The van der Waals surface area contributed by atoms with Crippen molar-refractivity contribution in [3.63, 3.8) is 0 Å². The van der Waals surface area contributed by atoms with Gasteiger partial charge in [0.1, 0.15) is 16.5 Å². The normalized spacial score (nSPS) is 12.1. The van der Waals surface area contributed by atoms with Crippen molar-refractivity contribution in [2.24, 2.45) is 5.73 Å². The van der Waals surface area contributed by atoms with E-state index < -0.39 is 0 Å². The molecule has 0 heterocycles. The van der Waals surface area contributed by atoms with E-state index >= 15 is 0 Å². The maximum absolute atomic E-state index is 6.29. The number of rotatable bonds is 4. The molecule has 0 bridgehead atoms. The Balaban J connectivity index is 2.57. The van der Waals surface area contributed by atoms with Crippen molar-refractivity contribution in [1.29, 1.82) is 0 Å². The predicted molar refractivity (Wildman–Crippen MR) is 87.6 cm³/mol. The Morgan fingerprint density at radius 2 is 1.76 bits per heavy atom. The zero-order valence-corrected chi connectivity index (χ0v) is 13.6. The molecular formula is C16H17Cl2NO2. The molecular weight excluding hydrogens is 309 g/mol. The van der Waals surface area contributed by atoms with Crippen LogP contribution in [-0.2, 0) is 0 Å². The molecule has 5 heteroatoms.